The average Bonchev–Trinajstić information content (AvgIpc) is 3.31. The third-order valence-electron chi connectivity index (χ3n) is 6.30. The van der Waals surface area contributed by atoms with Gasteiger partial charge < -0.3 is 20.9 Å². The lowest BCUT2D eigenvalue weighted by Gasteiger charge is -2.36. The topological polar surface area (TPSA) is 119 Å². The third kappa shape index (κ3) is 6.97. The van der Waals surface area contributed by atoms with Crippen LogP contribution >= 0.6 is 0 Å². The minimum atomic E-state index is -4.85. The molecule has 0 spiro atoms. The van der Waals surface area contributed by atoms with E-state index in [0.29, 0.717) is 18.0 Å². The fourth-order valence-corrected chi connectivity index (χ4v) is 4.25. The summed E-state index contributed by atoms with van der Waals surface area (Å²) >= 11 is 0. The first-order valence-corrected chi connectivity index (χ1v) is 11.6. The van der Waals surface area contributed by atoms with E-state index >= 15 is 0 Å². The van der Waals surface area contributed by atoms with Crippen molar-refractivity contribution in [2.75, 3.05) is 25.6 Å². The quantitative estimate of drug-likeness (QED) is 0.326. The summed E-state index contributed by atoms with van der Waals surface area (Å²) in [6.45, 7) is 0.951. The molecule has 0 aliphatic heterocycles. The van der Waals surface area contributed by atoms with Gasteiger partial charge in [-0.05, 0) is 49.2 Å². The van der Waals surface area contributed by atoms with Crippen molar-refractivity contribution >= 4 is 28.5 Å². The number of carbonyl (C=O) groups excluding carboxylic acids is 2. The van der Waals surface area contributed by atoms with Gasteiger partial charge in [-0.15, -0.1) is 0 Å². The van der Waals surface area contributed by atoms with Gasteiger partial charge in [-0.2, -0.15) is 18.3 Å². The number of rotatable bonds is 6. The number of hydrogen-bond donors (Lipinski definition) is 3. The van der Waals surface area contributed by atoms with E-state index in [1.54, 1.807) is 10.9 Å². The van der Waals surface area contributed by atoms with Crippen LogP contribution in [0.4, 0.5) is 23.2 Å². The molecular weight excluding hydrogens is 496 g/mol. The summed E-state index contributed by atoms with van der Waals surface area (Å²) in [5, 5.41) is 18.2. The molecule has 1 heterocycles. The highest BCUT2D eigenvalue weighted by Gasteiger charge is 2.40. The minimum Gasteiger partial charge on any atom is -0.462 e. The molecule has 4 rings (SSSR count). The third-order valence-corrected chi connectivity index (χ3v) is 6.30. The molecule has 0 radical (unpaired) electrons. The highest BCUT2D eigenvalue weighted by atomic mass is 19.4. The van der Waals surface area contributed by atoms with Crippen molar-refractivity contribution in [2.24, 2.45) is 11.1 Å². The van der Waals surface area contributed by atoms with Crippen LogP contribution in [-0.2, 0) is 9.53 Å². The highest BCUT2D eigenvalue weighted by Crippen LogP contribution is 2.36. The van der Waals surface area contributed by atoms with E-state index in [4.69, 9.17) is 5.73 Å². The first-order chi connectivity index (χ1) is 17.5. The molecule has 3 aromatic rings. The van der Waals surface area contributed by atoms with Gasteiger partial charge in [0.25, 0.3) is 5.91 Å². The molecule has 1 aliphatic carbocycles. The summed E-state index contributed by atoms with van der Waals surface area (Å²) in [5.41, 5.74) is 7.52. The number of ether oxygens (including phenoxy) is 1. The number of hydrogen-bond acceptors (Lipinski definition) is 6. The van der Waals surface area contributed by atoms with Crippen LogP contribution in [0.2, 0.25) is 0 Å². The van der Waals surface area contributed by atoms with Crippen LogP contribution in [0.25, 0.3) is 16.6 Å². The largest absolute Gasteiger partial charge is 0.490 e. The van der Waals surface area contributed by atoms with Crippen molar-refractivity contribution in [3.05, 3.63) is 54.0 Å². The van der Waals surface area contributed by atoms with Crippen molar-refractivity contribution in [2.45, 2.75) is 38.3 Å². The number of esters is 1. The summed E-state index contributed by atoms with van der Waals surface area (Å²) in [4.78, 5) is 21.1. The Balaban J connectivity index is 0.000000414. The summed E-state index contributed by atoms with van der Waals surface area (Å²) in [5.74, 6) is -3.40. The Bertz CT molecular complexity index is 1240. The van der Waals surface area contributed by atoms with E-state index in [1.165, 1.54) is 25.3 Å². The van der Waals surface area contributed by atoms with Crippen LogP contribution in [0.15, 0.2) is 42.6 Å². The number of nitrogens with two attached hydrogens (primary N) is 1. The monoisotopic (exact) mass is 524 g/mol. The maximum absolute atomic E-state index is 13.7. The molecule has 1 fully saturated rings. The first kappa shape index (κ1) is 27.9. The van der Waals surface area contributed by atoms with Gasteiger partial charge in [0.2, 0.25) is 0 Å². The van der Waals surface area contributed by atoms with Crippen LogP contribution in [0.1, 0.15) is 42.5 Å². The standard InChI is InChI=1S/C22H25FN4O2.C3H3F3O2/c23-16-10-15-12-27(26-20(15)19(11-16)21(24)29)18-6-4-17(5-7-18)25-13-22(14-28)8-2-1-3-9-22;1-8-2(7)3(4,5)6/h4-7,10-12,25,28H,1-3,8-9,13-14H2,(H2,24,29);1H3. The van der Waals surface area contributed by atoms with Gasteiger partial charge in [-0.1, -0.05) is 19.3 Å². The van der Waals surface area contributed by atoms with Gasteiger partial charge in [0.05, 0.1) is 25.0 Å². The lowest BCUT2D eigenvalue weighted by molar-refractivity contribution is -0.196. The van der Waals surface area contributed by atoms with Gasteiger partial charge in [0.15, 0.2) is 0 Å². The van der Waals surface area contributed by atoms with Crippen LogP contribution in [-0.4, -0.2) is 53.2 Å². The Morgan fingerprint density at radius 1 is 1.16 bits per heavy atom. The second-order valence-electron chi connectivity index (χ2n) is 8.94. The number of carbonyl (C=O) groups is 2. The fourth-order valence-electron chi connectivity index (χ4n) is 4.25. The van der Waals surface area contributed by atoms with Crippen LogP contribution in [0.5, 0.6) is 0 Å². The molecule has 4 N–H and O–H groups in total. The van der Waals surface area contributed by atoms with Crippen molar-refractivity contribution < 1.29 is 37.0 Å². The normalized spacial score (nSPS) is 15.0. The summed E-state index contributed by atoms with van der Waals surface area (Å²) in [7, 11) is 0.676. The number of benzene rings is 2. The molecule has 0 atom stereocenters. The Morgan fingerprint density at radius 2 is 1.81 bits per heavy atom. The van der Waals surface area contributed by atoms with Crippen molar-refractivity contribution in [3.63, 3.8) is 0 Å². The molecule has 8 nitrogen and oxygen atoms in total. The molecule has 12 heteroatoms. The Morgan fingerprint density at radius 3 is 2.32 bits per heavy atom. The average molecular weight is 525 g/mol. The number of fused-ring (bicyclic) bond motifs is 1. The molecular formula is C25H28F4N4O4. The number of alkyl halides is 3. The van der Waals surface area contributed by atoms with E-state index in [9.17, 15) is 32.3 Å². The van der Waals surface area contributed by atoms with Crippen LogP contribution in [0, 0.1) is 11.2 Å². The smallest absolute Gasteiger partial charge is 0.462 e. The zero-order chi connectivity index (χ0) is 27.2. The van der Waals surface area contributed by atoms with E-state index in [0.717, 1.165) is 36.8 Å². The van der Waals surface area contributed by atoms with E-state index < -0.39 is 23.9 Å². The zero-order valence-electron chi connectivity index (χ0n) is 20.1. The number of aliphatic hydroxyl groups excluding tert-OH is 1. The second kappa shape index (κ2) is 11.6. The molecule has 200 valence electrons. The van der Waals surface area contributed by atoms with Gasteiger partial charge >= 0.3 is 12.1 Å². The first-order valence-electron chi connectivity index (χ1n) is 11.6. The number of methoxy groups -OCH3 is 1. The van der Waals surface area contributed by atoms with Gasteiger partial charge in [-0.25, -0.2) is 13.9 Å². The summed E-state index contributed by atoms with van der Waals surface area (Å²) in [6.07, 6.45) is 2.51. The fraction of sp³-hybridized carbons (Fsp3) is 0.400. The number of amides is 1. The Labute approximate surface area is 210 Å². The number of halogens is 4. The Hall–Kier alpha value is -3.67. The van der Waals surface area contributed by atoms with Crippen molar-refractivity contribution in [1.29, 1.82) is 0 Å². The SMILES string of the molecule is COC(=O)C(F)(F)F.NC(=O)c1cc(F)cc2cn(-c3ccc(NCC4(CO)CCCCC4)cc3)nc12. The lowest BCUT2D eigenvalue weighted by atomic mass is 9.74. The van der Waals surface area contributed by atoms with Crippen LogP contribution in [0.3, 0.4) is 0 Å². The van der Waals surface area contributed by atoms with E-state index in [-0.39, 0.29) is 17.6 Å². The van der Waals surface area contributed by atoms with Crippen molar-refractivity contribution in [3.8, 4) is 5.69 Å². The van der Waals surface area contributed by atoms with E-state index in [1.807, 2.05) is 24.3 Å². The Kier molecular flexibility index (Phi) is 8.74. The molecule has 0 bridgehead atoms. The number of primary amides is 1. The van der Waals surface area contributed by atoms with E-state index in [2.05, 4.69) is 15.2 Å². The number of anilines is 1. The molecule has 1 aromatic heterocycles. The maximum atomic E-state index is 13.7. The molecule has 1 saturated carbocycles. The van der Waals surface area contributed by atoms with Crippen molar-refractivity contribution in [1.82, 2.24) is 9.78 Å². The molecule has 37 heavy (non-hydrogen) atoms. The summed E-state index contributed by atoms with van der Waals surface area (Å²) in [6, 6.07) is 10.1. The number of aliphatic hydroxyl groups is 1. The molecule has 1 amide bonds. The van der Waals surface area contributed by atoms with Gasteiger partial charge in [0, 0.05) is 29.2 Å². The van der Waals surface area contributed by atoms with Gasteiger partial charge in [-0.3, -0.25) is 4.79 Å². The maximum Gasteiger partial charge on any atom is 0.490 e. The zero-order valence-corrected chi connectivity index (χ0v) is 20.1. The van der Waals surface area contributed by atoms with Crippen LogP contribution < -0.4 is 11.1 Å². The number of nitrogens with zero attached hydrogens (tertiary/aromatic N) is 2. The second-order valence-corrected chi connectivity index (χ2v) is 8.94. The molecule has 1 aliphatic rings. The molecule has 0 saturated heterocycles. The minimum absolute atomic E-state index is 0.0358. The number of aromatic nitrogens is 2. The number of nitrogens with one attached hydrogen (secondary N) is 1. The summed E-state index contributed by atoms with van der Waals surface area (Å²) < 4.78 is 51.6. The predicted molar refractivity (Wildman–Crippen MR) is 129 cm³/mol. The lowest BCUT2D eigenvalue weighted by Crippen LogP contribution is -2.35. The van der Waals surface area contributed by atoms with Gasteiger partial charge in [0.1, 0.15) is 11.3 Å². The highest BCUT2D eigenvalue weighted by molar-refractivity contribution is 6.04. The predicted octanol–water partition coefficient (Wildman–Crippen LogP) is 4.34. The molecule has 0 unspecified atom stereocenters. The molecule has 2 aromatic carbocycles.